The lowest BCUT2D eigenvalue weighted by Gasteiger charge is -2.32. The number of aliphatic hydroxyl groups excluding tert-OH is 1. The number of amides is 3. The number of nitrogens with one attached hydrogen (secondary N) is 3. The standard InChI is InChI=1S/C30H40N4O6Si/c1-19-27(41(2,3)39)25(17-26(36)34(14-15-35)18-20-8-5-4-6-9-20)40-30(19)22-16-21(11-12-23(22)33-29(30)38)32-28(37)24-10-7-13-31-24/h4-6,8-9,11-12,16,19,24-25,27,31,35,39H,7,10,13-15,17-18H2,1-3H3,(H,32,37)(H,33,38)/t19-,24+,25+,27-,30+/m0/s1. The quantitative estimate of drug-likeness (QED) is 0.287. The van der Waals surface area contributed by atoms with Crippen molar-refractivity contribution in [2.75, 3.05) is 30.3 Å². The van der Waals surface area contributed by atoms with Crippen LogP contribution in [0.1, 0.15) is 37.3 Å². The molecule has 5 rings (SSSR count). The summed E-state index contributed by atoms with van der Waals surface area (Å²) >= 11 is 0. The highest BCUT2D eigenvalue weighted by atomic mass is 28.4. The molecule has 2 aromatic carbocycles. The van der Waals surface area contributed by atoms with Crippen LogP contribution in [0.25, 0.3) is 0 Å². The van der Waals surface area contributed by atoms with E-state index in [4.69, 9.17) is 4.74 Å². The molecule has 0 radical (unpaired) electrons. The summed E-state index contributed by atoms with van der Waals surface area (Å²) in [5.41, 5.74) is 0.853. The molecule has 1 spiro atoms. The summed E-state index contributed by atoms with van der Waals surface area (Å²) in [6.07, 6.45) is 0.969. The van der Waals surface area contributed by atoms with Gasteiger partial charge in [-0.1, -0.05) is 37.3 Å². The third kappa shape index (κ3) is 5.69. The molecule has 41 heavy (non-hydrogen) atoms. The van der Waals surface area contributed by atoms with Gasteiger partial charge in [-0.2, -0.15) is 0 Å². The Bertz CT molecular complexity index is 1300. The van der Waals surface area contributed by atoms with Crippen molar-refractivity contribution in [3.63, 3.8) is 0 Å². The molecule has 5 N–H and O–H groups in total. The van der Waals surface area contributed by atoms with Gasteiger partial charge < -0.3 is 35.5 Å². The molecule has 3 heterocycles. The lowest BCUT2D eigenvalue weighted by atomic mass is 9.82. The van der Waals surface area contributed by atoms with Gasteiger partial charge in [0.1, 0.15) is 0 Å². The second kappa shape index (κ2) is 11.7. The lowest BCUT2D eigenvalue weighted by molar-refractivity contribution is -0.148. The number of benzene rings is 2. The second-order valence-electron chi connectivity index (χ2n) is 11.9. The molecule has 3 aliphatic rings. The number of rotatable bonds is 9. The van der Waals surface area contributed by atoms with E-state index in [9.17, 15) is 24.3 Å². The molecule has 2 aromatic rings. The normalized spacial score (nSPS) is 27.1. The van der Waals surface area contributed by atoms with Crippen LogP contribution in [0.15, 0.2) is 48.5 Å². The molecular weight excluding hydrogens is 540 g/mol. The van der Waals surface area contributed by atoms with Gasteiger partial charge in [-0.15, -0.1) is 0 Å². The number of fused-ring (bicyclic) bond motifs is 2. The molecule has 0 unspecified atom stereocenters. The molecule has 220 valence electrons. The van der Waals surface area contributed by atoms with Crippen molar-refractivity contribution in [2.24, 2.45) is 5.92 Å². The van der Waals surface area contributed by atoms with E-state index in [1.165, 1.54) is 0 Å². The van der Waals surface area contributed by atoms with Gasteiger partial charge in [0.15, 0.2) is 13.9 Å². The van der Waals surface area contributed by atoms with Gasteiger partial charge in [-0.3, -0.25) is 14.4 Å². The highest BCUT2D eigenvalue weighted by molar-refractivity contribution is 6.71. The van der Waals surface area contributed by atoms with Crippen molar-refractivity contribution in [2.45, 2.75) is 69.1 Å². The van der Waals surface area contributed by atoms with Crippen molar-refractivity contribution in [1.29, 1.82) is 0 Å². The van der Waals surface area contributed by atoms with E-state index in [0.29, 0.717) is 23.5 Å². The number of anilines is 2. The van der Waals surface area contributed by atoms with Gasteiger partial charge >= 0.3 is 0 Å². The van der Waals surface area contributed by atoms with E-state index >= 15 is 0 Å². The molecule has 0 saturated carbocycles. The predicted molar refractivity (Wildman–Crippen MR) is 157 cm³/mol. The molecule has 5 atom stereocenters. The number of aliphatic hydroxyl groups is 1. The fraction of sp³-hybridized carbons (Fsp3) is 0.500. The maximum Gasteiger partial charge on any atom is 0.261 e. The highest BCUT2D eigenvalue weighted by Crippen LogP contribution is 2.58. The first-order valence-corrected chi connectivity index (χ1v) is 17.4. The van der Waals surface area contributed by atoms with Crippen LogP contribution in [0.5, 0.6) is 0 Å². The molecule has 2 fully saturated rings. The summed E-state index contributed by atoms with van der Waals surface area (Å²) in [6, 6.07) is 14.6. The van der Waals surface area contributed by atoms with Crippen LogP contribution >= 0.6 is 0 Å². The Kier molecular flexibility index (Phi) is 8.35. The number of hydrogen-bond acceptors (Lipinski definition) is 7. The Morgan fingerprint density at radius 2 is 1.95 bits per heavy atom. The topological polar surface area (TPSA) is 140 Å². The van der Waals surface area contributed by atoms with Gasteiger partial charge in [-0.25, -0.2) is 0 Å². The van der Waals surface area contributed by atoms with Crippen LogP contribution in [0.3, 0.4) is 0 Å². The van der Waals surface area contributed by atoms with Crippen LogP contribution in [-0.2, 0) is 31.3 Å². The lowest BCUT2D eigenvalue weighted by Crippen LogP contribution is -2.44. The number of carbonyl (C=O) groups excluding carboxylic acids is 3. The molecule has 0 aromatic heterocycles. The molecule has 0 bridgehead atoms. The zero-order valence-corrected chi connectivity index (χ0v) is 24.9. The molecule has 3 amide bonds. The zero-order chi connectivity index (χ0) is 29.4. The van der Waals surface area contributed by atoms with Crippen LogP contribution in [-0.4, -0.2) is 72.7 Å². The average molecular weight is 581 g/mol. The molecular formula is C30H40N4O6Si. The third-order valence-corrected chi connectivity index (χ3v) is 11.2. The van der Waals surface area contributed by atoms with Crippen molar-refractivity contribution >= 4 is 37.4 Å². The van der Waals surface area contributed by atoms with Crippen LogP contribution in [0.4, 0.5) is 11.4 Å². The number of ether oxygens (including phenoxy) is 1. The average Bonchev–Trinajstić information content (AvgIpc) is 3.63. The monoisotopic (exact) mass is 580 g/mol. The maximum absolute atomic E-state index is 13.7. The molecule has 3 aliphatic heterocycles. The van der Waals surface area contributed by atoms with E-state index in [1.54, 1.807) is 23.1 Å². The van der Waals surface area contributed by atoms with Crippen LogP contribution < -0.4 is 16.0 Å². The minimum Gasteiger partial charge on any atom is -0.432 e. The predicted octanol–water partition coefficient (Wildman–Crippen LogP) is 2.54. The smallest absolute Gasteiger partial charge is 0.261 e. The molecule has 2 saturated heterocycles. The molecule has 10 nitrogen and oxygen atoms in total. The van der Waals surface area contributed by atoms with Crippen LogP contribution in [0, 0.1) is 5.92 Å². The van der Waals surface area contributed by atoms with E-state index in [1.807, 2.05) is 50.3 Å². The Morgan fingerprint density at radius 3 is 2.61 bits per heavy atom. The Labute approximate surface area is 241 Å². The third-order valence-electron chi connectivity index (χ3n) is 8.70. The van der Waals surface area contributed by atoms with E-state index in [2.05, 4.69) is 16.0 Å². The molecule has 0 aliphatic carbocycles. The summed E-state index contributed by atoms with van der Waals surface area (Å²) in [4.78, 5) is 53.1. The largest absolute Gasteiger partial charge is 0.432 e. The van der Waals surface area contributed by atoms with Crippen molar-refractivity contribution in [1.82, 2.24) is 10.2 Å². The Balaban J connectivity index is 1.43. The van der Waals surface area contributed by atoms with Gasteiger partial charge in [0.05, 0.1) is 25.2 Å². The van der Waals surface area contributed by atoms with Gasteiger partial charge in [0.25, 0.3) is 5.91 Å². The number of nitrogens with zero attached hydrogens (tertiary/aromatic N) is 1. The summed E-state index contributed by atoms with van der Waals surface area (Å²) in [5, 5.41) is 18.8. The number of hydrogen-bond donors (Lipinski definition) is 5. The maximum atomic E-state index is 13.7. The second-order valence-corrected chi connectivity index (χ2v) is 15.9. The van der Waals surface area contributed by atoms with Gasteiger partial charge in [0.2, 0.25) is 11.8 Å². The van der Waals surface area contributed by atoms with Crippen LogP contribution in [0.2, 0.25) is 18.6 Å². The summed E-state index contributed by atoms with van der Waals surface area (Å²) in [7, 11) is -2.95. The zero-order valence-electron chi connectivity index (χ0n) is 23.9. The van der Waals surface area contributed by atoms with E-state index in [0.717, 1.165) is 24.9 Å². The SMILES string of the molecule is C[C@H]1[C@H]([Si](C)(C)O)[C@@H](CC(=O)N(CCO)Cc2ccccc2)O[C@]12C(=O)Nc1ccc(NC(=O)[C@H]3CCCN3)cc12. The first-order valence-electron chi connectivity index (χ1n) is 14.4. The minimum absolute atomic E-state index is 0.0348. The van der Waals surface area contributed by atoms with Crippen molar-refractivity contribution in [3.8, 4) is 0 Å². The van der Waals surface area contributed by atoms with Gasteiger partial charge in [0, 0.05) is 41.5 Å². The number of carbonyl (C=O) groups is 3. The van der Waals surface area contributed by atoms with E-state index < -0.39 is 31.5 Å². The summed E-state index contributed by atoms with van der Waals surface area (Å²) in [5.74, 6) is -1.11. The summed E-state index contributed by atoms with van der Waals surface area (Å²) < 4.78 is 6.64. The highest BCUT2D eigenvalue weighted by Gasteiger charge is 2.65. The first kappa shape index (κ1) is 29.4. The Morgan fingerprint density at radius 1 is 1.20 bits per heavy atom. The fourth-order valence-electron chi connectivity index (χ4n) is 6.83. The fourth-order valence-corrected chi connectivity index (χ4v) is 9.38. The van der Waals surface area contributed by atoms with Crippen molar-refractivity contribution < 1.29 is 29.0 Å². The van der Waals surface area contributed by atoms with Gasteiger partial charge in [-0.05, 0) is 56.2 Å². The summed E-state index contributed by atoms with van der Waals surface area (Å²) in [6.45, 7) is 6.63. The first-order chi connectivity index (χ1) is 19.5. The van der Waals surface area contributed by atoms with E-state index in [-0.39, 0.29) is 43.3 Å². The van der Waals surface area contributed by atoms with Crippen molar-refractivity contribution in [3.05, 3.63) is 59.7 Å². The minimum atomic E-state index is -2.95. The molecule has 11 heteroatoms. The Hall–Kier alpha value is -3.09.